The van der Waals surface area contributed by atoms with Crippen LogP contribution in [0.5, 0.6) is 0 Å². The largest absolute Gasteiger partial charge is 0.310 e. The van der Waals surface area contributed by atoms with Gasteiger partial charge in [-0.1, -0.05) is 19.9 Å². The maximum Gasteiger partial charge on any atom is 0.0320 e. The lowest BCUT2D eigenvalue weighted by Gasteiger charge is -2.18. The predicted octanol–water partition coefficient (Wildman–Crippen LogP) is 4.88. The van der Waals surface area contributed by atoms with E-state index in [9.17, 15) is 0 Å². The van der Waals surface area contributed by atoms with Gasteiger partial charge in [-0.2, -0.15) is 0 Å². The molecule has 1 aromatic rings. The van der Waals surface area contributed by atoms with Crippen LogP contribution < -0.4 is 5.32 Å². The van der Waals surface area contributed by atoms with E-state index in [4.69, 9.17) is 0 Å². The van der Waals surface area contributed by atoms with Crippen LogP contribution in [0.1, 0.15) is 38.7 Å². The number of hydrogen-bond acceptors (Lipinski definition) is 1. The molecule has 1 saturated carbocycles. The monoisotopic (exact) mass is 359 g/mol. The Balaban J connectivity index is 1.88. The fraction of sp³-hybridized carbons (Fsp3) is 0.571. The fourth-order valence-electron chi connectivity index (χ4n) is 2.52. The summed E-state index contributed by atoms with van der Waals surface area (Å²) in [6, 6.07) is 7.13. The summed E-state index contributed by atoms with van der Waals surface area (Å²) in [7, 11) is 0. The van der Waals surface area contributed by atoms with Crippen molar-refractivity contribution in [2.45, 2.75) is 45.7 Å². The van der Waals surface area contributed by atoms with E-state index in [1.165, 1.54) is 24.8 Å². The highest BCUT2D eigenvalue weighted by atomic mass is 79.9. The average molecular weight is 361 g/mol. The van der Waals surface area contributed by atoms with Crippen molar-refractivity contribution >= 4 is 31.9 Å². The van der Waals surface area contributed by atoms with E-state index in [1.54, 1.807) is 0 Å². The van der Waals surface area contributed by atoms with Gasteiger partial charge in [0.25, 0.3) is 0 Å². The summed E-state index contributed by atoms with van der Waals surface area (Å²) in [5, 5.41) is 3.66. The molecule has 0 saturated heterocycles. The van der Waals surface area contributed by atoms with Crippen molar-refractivity contribution in [3.63, 3.8) is 0 Å². The molecule has 1 nitrogen and oxygen atoms in total. The minimum Gasteiger partial charge on any atom is -0.310 e. The van der Waals surface area contributed by atoms with Gasteiger partial charge in [-0.05, 0) is 74.2 Å². The number of nitrogens with one attached hydrogen (secondary N) is 1. The SMILES string of the molecule is CC1(C)CCC(NCc2ccc(Br)c(Br)c2)C1. The molecule has 1 aromatic carbocycles. The van der Waals surface area contributed by atoms with Gasteiger partial charge in [0, 0.05) is 21.5 Å². The Hall–Kier alpha value is 0.140. The molecule has 1 aliphatic rings. The van der Waals surface area contributed by atoms with Gasteiger partial charge in [0.05, 0.1) is 0 Å². The first kappa shape index (κ1) is 13.6. The number of hydrogen-bond donors (Lipinski definition) is 1. The first-order valence-electron chi connectivity index (χ1n) is 6.14. The Morgan fingerprint density at radius 2 is 2.06 bits per heavy atom. The van der Waals surface area contributed by atoms with Crippen LogP contribution in [0.3, 0.4) is 0 Å². The van der Waals surface area contributed by atoms with Crippen LogP contribution in [0.25, 0.3) is 0 Å². The van der Waals surface area contributed by atoms with Gasteiger partial charge in [-0.3, -0.25) is 0 Å². The van der Waals surface area contributed by atoms with Crippen LogP contribution in [0.2, 0.25) is 0 Å². The zero-order valence-corrected chi connectivity index (χ0v) is 13.6. The van der Waals surface area contributed by atoms with Gasteiger partial charge in [0.2, 0.25) is 0 Å². The molecule has 0 heterocycles. The van der Waals surface area contributed by atoms with Gasteiger partial charge in [-0.15, -0.1) is 0 Å². The van der Waals surface area contributed by atoms with Crippen LogP contribution in [0.4, 0.5) is 0 Å². The summed E-state index contributed by atoms with van der Waals surface area (Å²) in [6.07, 6.45) is 3.95. The van der Waals surface area contributed by atoms with Crippen LogP contribution in [-0.4, -0.2) is 6.04 Å². The van der Waals surface area contributed by atoms with E-state index in [1.807, 2.05) is 0 Å². The molecule has 0 spiro atoms. The number of halogens is 2. The fourth-order valence-corrected chi connectivity index (χ4v) is 3.19. The summed E-state index contributed by atoms with van der Waals surface area (Å²) in [6.45, 7) is 5.70. The number of benzene rings is 1. The normalized spacial score (nSPS) is 22.9. The number of rotatable bonds is 3. The van der Waals surface area contributed by atoms with Crippen molar-refractivity contribution in [2.24, 2.45) is 5.41 Å². The van der Waals surface area contributed by atoms with Crippen LogP contribution in [0, 0.1) is 5.41 Å². The first-order chi connectivity index (χ1) is 7.96. The maximum absolute atomic E-state index is 3.66. The predicted molar refractivity (Wildman–Crippen MR) is 80.1 cm³/mol. The van der Waals surface area contributed by atoms with Gasteiger partial charge < -0.3 is 5.32 Å². The quantitative estimate of drug-likeness (QED) is 0.809. The van der Waals surface area contributed by atoms with E-state index in [-0.39, 0.29) is 0 Å². The minimum atomic E-state index is 0.526. The molecule has 0 aliphatic heterocycles. The molecule has 1 fully saturated rings. The van der Waals surface area contributed by atoms with E-state index < -0.39 is 0 Å². The van der Waals surface area contributed by atoms with Crippen molar-refractivity contribution < 1.29 is 0 Å². The third-order valence-electron chi connectivity index (χ3n) is 3.55. The lowest BCUT2D eigenvalue weighted by Crippen LogP contribution is -2.26. The lowest BCUT2D eigenvalue weighted by atomic mass is 9.92. The summed E-state index contributed by atoms with van der Waals surface area (Å²) >= 11 is 7.04. The van der Waals surface area contributed by atoms with E-state index >= 15 is 0 Å². The molecule has 2 rings (SSSR count). The summed E-state index contributed by atoms with van der Waals surface area (Å²) in [5.74, 6) is 0. The van der Waals surface area contributed by atoms with E-state index in [0.717, 1.165) is 15.5 Å². The molecular weight excluding hydrogens is 342 g/mol. The van der Waals surface area contributed by atoms with Crippen LogP contribution in [0.15, 0.2) is 27.1 Å². The average Bonchev–Trinajstić information content (AvgIpc) is 2.60. The molecule has 94 valence electrons. The zero-order chi connectivity index (χ0) is 12.5. The molecule has 3 heteroatoms. The van der Waals surface area contributed by atoms with Crippen LogP contribution >= 0.6 is 31.9 Å². The molecule has 0 radical (unpaired) electrons. The molecule has 17 heavy (non-hydrogen) atoms. The van der Waals surface area contributed by atoms with Crippen molar-refractivity contribution in [2.75, 3.05) is 0 Å². The van der Waals surface area contributed by atoms with E-state index in [2.05, 4.69) is 69.2 Å². The third-order valence-corrected chi connectivity index (χ3v) is 5.43. The topological polar surface area (TPSA) is 12.0 Å². The Morgan fingerprint density at radius 1 is 1.29 bits per heavy atom. The van der Waals surface area contributed by atoms with Gasteiger partial charge in [0.1, 0.15) is 0 Å². The van der Waals surface area contributed by atoms with Crippen molar-refractivity contribution in [3.8, 4) is 0 Å². The molecule has 1 aliphatic carbocycles. The maximum atomic E-state index is 3.66. The van der Waals surface area contributed by atoms with Gasteiger partial charge >= 0.3 is 0 Å². The van der Waals surface area contributed by atoms with E-state index in [0.29, 0.717) is 11.5 Å². The minimum absolute atomic E-state index is 0.526. The second kappa shape index (κ2) is 5.41. The second-order valence-electron chi connectivity index (χ2n) is 5.73. The highest BCUT2D eigenvalue weighted by Crippen LogP contribution is 2.37. The smallest absolute Gasteiger partial charge is 0.0320 e. The second-order valence-corrected chi connectivity index (χ2v) is 7.44. The molecule has 1 unspecified atom stereocenters. The van der Waals surface area contributed by atoms with Crippen LogP contribution in [-0.2, 0) is 6.54 Å². The molecule has 1 N–H and O–H groups in total. The molecule has 1 atom stereocenters. The Morgan fingerprint density at radius 3 is 2.65 bits per heavy atom. The Kier molecular flexibility index (Phi) is 4.32. The Labute approximate surface area is 121 Å². The zero-order valence-electron chi connectivity index (χ0n) is 10.4. The van der Waals surface area contributed by atoms with Crippen molar-refractivity contribution in [3.05, 3.63) is 32.7 Å². The molecule has 0 amide bonds. The third kappa shape index (κ3) is 3.80. The molecule has 0 bridgehead atoms. The summed E-state index contributed by atoms with van der Waals surface area (Å²) < 4.78 is 2.24. The van der Waals surface area contributed by atoms with Crippen molar-refractivity contribution in [1.82, 2.24) is 5.32 Å². The molecule has 0 aromatic heterocycles. The highest BCUT2D eigenvalue weighted by molar-refractivity contribution is 9.13. The van der Waals surface area contributed by atoms with Gasteiger partial charge in [-0.25, -0.2) is 0 Å². The Bertz CT molecular complexity index is 401. The summed E-state index contributed by atoms with van der Waals surface area (Å²) in [5.41, 5.74) is 1.86. The van der Waals surface area contributed by atoms with Crippen molar-refractivity contribution in [1.29, 1.82) is 0 Å². The lowest BCUT2D eigenvalue weighted by molar-refractivity contribution is 0.364. The standard InChI is InChI=1S/C14H19Br2N/c1-14(2)6-5-11(8-14)17-9-10-3-4-12(15)13(16)7-10/h3-4,7,11,17H,5-6,8-9H2,1-2H3. The molecular formula is C14H19Br2N. The van der Waals surface area contributed by atoms with Gasteiger partial charge in [0.15, 0.2) is 0 Å². The highest BCUT2D eigenvalue weighted by Gasteiger charge is 2.30. The first-order valence-corrected chi connectivity index (χ1v) is 7.72. The summed E-state index contributed by atoms with van der Waals surface area (Å²) in [4.78, 5) is 0.